The lowest BCUT2D eigenvalue weighted by Gasteiger charge is -2.38. The van der Waals surface area contributed by atoms with Crippen LogP contribution >= 0.6 is 0 Å². The van der Waals surface area contributed by atoms with Gasteiger partial charge in [0.25, 0.3) is 0 Å². The number of ketones is 1. The summed E-state index contributed by atoms with van der Waals surface area (Å²) in [5, 5.41) is 0. The van der Waals surface area contributed by atoms with Gasteiger partial charge >= 0.3 is 5.97 Å². The van der Waals surface area contributed by atoms with Crippen molar-refractivity contribution >= 4 is 11.8 Å². The second kappa shape index (κ2) is 4.28. The predicted molar refractivity (Wildman–Crippen MR) is 64.4 cm³/mol. The summed E-state index contributed by atoms with van der Waals surface area (Å²) in [5.41, 5.74) is 1.26. The van der Waals surface area contributed by atoms with Crippen molar-refractivity contribution < 1.29 is 14.3 Å². The van der Waals surface area contributed by atoms with E-state index >= 15 is 0 Å². The molecule has 2 atom stereocenters. The molecule has 2 aliphatic rings. The molecule has 0 bridgehead atoms. The van der Waals surface area contributed by atoms with Crippen LogP contribution in [0.5, 0.6) is 0 Å². The van der Waals surface area contributed by atoms with Crippen LogP contribution in [0.15, 0.2) is 11.1 Å². The molecule has 2 aliphatic carbocycles. The van der Waals surface area contributed by atoms with E-state index in [4.69, 9.17) is 4.74 Å². The van der Waals surface area contributed by atoms with E-state index < -0.39 is 5.41 Å². The van der Waals surface area contributed by atoms with Gasteiger partial charge in [0, 0.05) is 12.0 Å². The van der Waals surface area contributed by atoms with Crippen molar-refractivity contribution in [3.05, 3.63) is 11.1 Å². The Morgan fingerprint density at radius 2 is 2.12 bits per heavy atom. The van der Waals surface area contributed by atoms with Crippen LogP contribution in [0.25, 0.3) is 0 Å². The van der Waals surface area contributed by atoms with Crippen LogP contribution in [0.4, 0.5) is 0 Å². The van der Waals surface area contributed by atoms with Gasteiger partial charge in [-0.3, -0.25) is 9.59 Å². The van der Waals surface area contributed by atoms with Crippen LogP contribution in [-0.4, -0.2) is 18.4 Å². The molecule has 0 amide bonds. The molecule has 0 unspecified atom stereocenters. The first-order chi connectivity index (χ1) is 8.01. The number of esters is 1. The van der Waals surface area contributed by atoms with E-state index in [1.165, 1.54) is 5.57 Å². The van der Waals surface area contributed by atoms with Gasteiger partial charge in [0.1, 0.15) is 0 Å². The number of allylic oxidation sites excluding steroid dienone is 1. The third-order valence-electron chi connectivity index (χ3n) is 4.37. The third-order valence-corrected chi connectivity index (χ3v) is 4.37. The minimum absolute atomic E-state index is 0.155. The Morgan fingerprint density at radius 3 is 2.76 bits per heavy atom. The predicted octanol–water partition coefficient (Wildman–Crippen LogP) is 2.65. The number of rotatable bonds is 2. The Hall–Kier alpha value is -1.12. The van der Waals surface area contributed by atoms with Gasteiger partial charge in [0.2, 0.25) is 0 Å². The molecular weight excluding hydrogens is 216 g/mol. The normalized spacial score (nSPS) is 32.6. The third kappa shape index (κ3) is 1.72. The summed E-state index contributed by atoms with van der Waals surface area (Å²) in [5.74, 6) is 0.111. The molecular formula is C14H20O3. The summed E-state index contributed by atoms with van der Waals surface area (Å²) < 4.78 is 5.19. The topological polar surface area (TPSA) is 43.4 Å². The fraction of sp³-hybridized carbons (Fsp3) is 0.714. The Labute approximate surface area is 102 Å². The monoisotopic (exact) mass is 236 g/mol. The second-order valence-electron chi connectivity index (χ2n) is 5.26. The molecule has 2 rings (SSSR count). The first-order valence-corrected chi connectivity index (χ1v) is 6.44. The van der Waals surface area contributed by atoms with Crippen molar-refractivity contribution in [3.63, 3.8) is 0 Å². The molecule has 3 nitrogen and oxygen atoms in total. The zero-order valence-electron chi connectivity index (χ0n) is 10.8. The van der Waals surface area contributed by atoms with Gasteiger partial charge in [0.05, 0.1) is 12.0 Å². The summed E-state index contributed by atoms with van der Waals surface area (Å²) in [4.78, 5) is 24.2. The Bertz CT molecular complexity index is 394. The molecule has 17 heavy (non-hydrogen) atoms. The molecule has 0 heterocycles. The molecule has 0 spiro atoms. The van der Waals surface area contributed by atoms with E-state index in [1.807, 2.05) is 13.8 Å². The molecule has 3 heteroatoms. The van der Waals surface area contributed by atoms with Gasteiger partial charge in [-0.2, -0.15) is 0 Å². The van der Waals surface area contributed by atoms with E-state index in [-0.39, 0.29) is 17.7 Å². The SMILES string of the molecule is CCOC(=O)[C@]1(C)C2=C(CCC2=O)CC[C@H]1C. The van der Waals surface area contributed by atoms with Crippen molar-refractivity contribution in [1.29, 1.82) is 0 Å². The highest BCUT2D eigenvalue weighted by Gasteiger charge is 2.50. The highest BCUT2D eigenvalue weighted by Crippen LogP contribution is 2.50. The molecule has 0 N–H and O–H groups in total. The number of ether oxygens (including phenoxy) is 1. The van der Waals surface area contributed by atoms with Crippen LogP contribution < -0.4 is 0 Å². The molecule has 94 valence electrons. The minimum Gasteiger partial charge on any atom is -0.465 e. The van der Waals surface area contributed by atoms with Crippen molar-refractivity contribution in [2.45, 2.75) is 46.5 Å². The fourth-order valence-corrected chi connectivity index (χ4v) is 3.13. The Morgan fingerprint density at radius 1 is 1.41 bits per heavy atom. The van der Waals surface area contributed by atoms with Crippen molar-refractivity contribution in [1.82, 2.24) is 0 Å². The Balaban J connectivity index is 2.44. The summed E-state index contributed by atoms with van der Waals surface area (Å²) in [6.07, 6.45) is 3.36. The highest BCUT2D eigenvalue weighted by molar-refractivity contribution is 6.05. The summed E-state index contributed by atoms with van der Waals surface area (Å²) in [7, 11) is 0. The fourth-order valence-electron chi connectivity index (χ4n) is 3.13. The van der Waals surface area contributed by atoms with E-state index in [2.05, 4.69) is 0 Å². The van der Waals surface area contributed by atoms with Crippen molar-refractivity contribution in [2.75, 3.05) is 6.61 Å². The molecule has 0 aromatic carbocycles. The summed E-state index contributed by atoms with van der Waals surface area (Å²) in [6, 6.07) is 0. The maximum absolute atomic E-state index is 12.2. The average Bonchev–Trinajstić information content (AvgIpc) is 2.67. The minimum atomic E-state index is -0.711. The van der Waals surface area contributed by atoms with Crippen LogP contribution in [0, 0.1) is 11.3 Å². The molecule has 0 radical (unpaired) electrons. The van der Waals surface area contributed by atoms with Crippen LogP contribution in [-0.2, 0) is 14.3 Å². The van der Waals surface area contributed by atoms with E-state index in [0.29, 0.717) is 13.0 Å². The van der Waals surface area contributed by atoms with E-state index in [9.17, 15) is 9.59 Å². The van der Waals surface area contributed by atoms with E-state index in [1.54, 1.807) is 6.92 Å². The van der Waals surface area contributed by atoms with Crippen molar-refractivity contribution in [3.8, 4) is 0 Å². The maximum atomic E-state index is 12.2. The zero-order valence-corrected chi connectivity index (χ0v) is 10.8. The smallest absolute Gasteiger partial charge is 0.316 e. The quantitative estimate of drug-likeness (QED) is 0.692. The summed E-state index contributed by atoms with van der Waals surface area (Å²) >= 11 is 0. The van der Waals surface area contributed by atoms with Crippen LogP contribution in [0.3, 0.4) is 0 Å². The lowest BCUT2D eigenvalue weighted by molar-refractivity contribution is -0.156. The number of hydrogen-bond donors (Lipinski definition) is 0. The maximum Gasteiger partial charge on any atom is 0.316 e. The van der Waals surface area contributed by atoms with Gasteiger partial charge in [0.15, 0.2) is 5.78 Å². The molecule has 0 aromatic heterocycles. The average molecular weight is 236 g/mol. The number of carbonyl (C=O) groups is 2. The summed E-state index contributed by atoms with van der Waals surface area (Å²) in [6.45, 7) is 6.11. The number of Topliss-reactive ketones (excluding diaryl/α,β-unsaturated/α-hetero) is 1. The standard InChI is InChI=1S/C14H20O3/c1-4-17-13(16)14(3)9(2)5-6-10-7-8-11(15)12(10)14/h9H,4-8H2,1-3H3/t9-,14+/m1/s1. The number of carbonyl (C=O) groups excluding carboxylic acids is 2. The lowest BCUT2D eigenvalue weighted by atomic mass is 9.65. The van der Waals surface area contributed by atoms with Gasteiger partial charge in [-0.25, -0.2) is 0 Å². The van der Waals surface area contributed by atoms with Crippen LogP contribution in [0.2, 0.25) is 0 Å². The van der Waals surface area contributed by atoms with E-state index in [0.717, 1.165) is 24.8 Å². The van der Waals surface area contributed by atoms with Gasteiger partial charge in [-0.15, -0.1) is 0 Å². The zero-order chi connectivity index (χ0) is 12.6. The van der Waals surface area contributed by atoms with Gasteiger partial charge in [-0.05, 0) is 39.0 Å². The Kier molecular flexibility index (Phi) is 3.11. The molecule has 0 aliphatic heterocycles. The lowest BCUT2D eigenvalue weighted by Crippen LogP contribution is -2.42. The highest BCUT2D eigenvalue weighted by atomic mass is 16.5. The molecule has 0 saturated heterocycles. The first-order valence-electron chi connectivity index (χ1n) is 6.44. The molecule has 0 aromatic rings. The van der Waals surface area contributed by atoms with Crippen molar-refractivity contribution in [2.24, 2.45) is 11.3 Å². The number of hydrogen-bond acceptors (Lipinski definition) is 3. The van der Waals surface area contributed by atoms with Gasteiger partial charge in [-0.1, -0.05) is 12.5 Å². The molecule has 0 saturated carbocycles. The largest absolute Gasteiger partial charge is 0.465 e. The van der Waals surface area contributed by atoms with Crippen LogP contribution in [0.1, 0.15) is 46.5 Å². The first kappa shape index (κ1) is 12.3. The second-order valence-corrected chi connectivity index (χ2v) is 5.26. The molecule has 0 fully saturated rings. The van der Waals surface area contributed by atoms with Gasteiger partial charge < -0.3 is 4.74 Å².